The Kier molecular flexibility index (Phi) is 3.63. The zero-order valence-corrected chi connectivity index (χ0v) is 11.6. The molecule has 4 atom stereocenters. The Hall–Kier alpha value is -0.0400. The van der Waals surface area contributed by atoms with Crippen LogP contribution in [0.3, 0.4) is 0 Å². The van der Waals surface area contributed by atoms with Crippen LogP contribution in [0.5, 0.6) is 0 Å². The number of nitrogens with one attached hydrogen (secondary N) is 1. The fourth-order valence-corrected chi connectivity index (χ4v) is 3.40. The summed E-state index contributed by atoms with van der Waals surface area (Å²) in [4.78, 5) is 0. The van der Waals surface area contributed by atoms with Gasteiger partial charge in [0.1, 0.15) is 0 Å². The Balaban J connectivity index is 1.84. The van der Waals surface area contributed by atoms with E-state index in [2.05, 4.69) is 33.0 Å². The number of hydrogen-bond donors (Lipinski definition) is 1. The van der Waals surface area contributed by atoms with Gasteiger partial charge in [0.2, 0.25) is 0 Å². The Labute approximate surface area is 101 Å². The lowest BCUT2D eigenvalue weighted by molar-refractivity contribution is 0.130. The van der Waals surface area contributed by atoms with Gasteiger partial charge in [-0.3, -0.25) is 0 Å². The van der Waals surface area contributed by atoms with Crippen LogP contribution in [-0.2, 0) is 0 Å². The van der Waals surface area contributed by atoms with E-state index in [1.165, 1.54) is 38.6 Å². The van der Waals surface area contributed by atoms with Crippen molar-refractivity contribution in [2.45, 2.75) is 65.8 Å². The minimum absolute atomic E-state index is 0.479. The van der Waals surface area contributed by atoms with E-state index < -0.39 is 0 Å². The van der Waals surface area contributed by atoms with Crippen LogP contribution in [0.2, 0.25) is 0 Å². The average Bonchev–Trinajstić information content (AvgIpc) is 2.91. The van der Waals surface area contributed by atoms with Crippen molar-refractivity contribution in [1.29, 1.82) is 0 Å². The highest BCUT2D eigenvalue weighted by molar-refractivity contribution is 4.91. The summed E-state index contributed by atoms with van der Waals surface area (Å²) in [5.74, 6) is 2.86. The third-order valence-electron chi connectivity index (χ3n) is 4.80. The summed E-state index contributed by atoms with van der Waals surface area (Å²) < 4.78 is 0. The van der Waals surface area contributed by atoms with Crippen molar-refractivity contribution in [3.63, 3.8) is 0 Å². The van der Waals surface area contributed by atoms with Crippen LogP contribution < -0.4 is 5.32 Å². The fourth-order valence-electron chi connectivity index (χ4n) is 3.40. The van der Waals surface area contributed by atoms with Gasteiger partial charge in [0.15, 0.2) is 0 Å². The quantitative estimate of drug-likeness (QED) is 0.766. The summed E-state index contributed by atoms with van der Waals surface area (Å²) in [6, 6.07) is 0.793. The largest absolute Gasteiger partial charge is 0.313 e. The molecule has 0 aromatic rings. The molecular formula is C15H29N. The minimum atomic E-state index is 0.479. The summed E-state index contributed by atoms with van der Waals surface area (Å²) in [6.45, 7) is 10.9. The summed E-state index contributed by atoms with van der Waals surface area (Å²) in [5, 5.41) is 3.87. The number of hydrogen-bond acceptors (Lipinski definition) is 1. The second-order valence-electron chi connectivity index (χ2n) is 7.24. The predicted octanol–water partition coefficient (Wildman–Crippen LogP) is 3.84. The first kappa shape index (κ1) is 12.4. The molecule has 0 radical (unpaired) electrons. The Bertz CT molecular complexity index is 228. The lowest BCUT2D eigenvalue weighted by Crippen LogP contribution is -2.45. The summed E-state index contributed by atoms with van der Waals surface area (Å²) in [7, 11) is 0. The van der Waals surface area contributed by atoms with Crippen molar-refractivity contribution in [1.82, 2.24) is 5.32 Å². The molecule has 1 nitrogen and oxygen atoms in total. The first-order valence-corrected chi connectivity index (χ1v) is 7.22. The van der Waals surface area contributed by atoms with Gasteiger partial charge in [0, 0.05) is 6.04 Å². The van der Waals surface area contributed by atoms with Crippen LogP contribution in [-0.4, -0.2) is 12.6 Å². The third kappa shape index (κ3) is 3.00. The van der Waals surface area contributed by atoms with Gasteiger partial charge in [-0.1, -0.05) is 40.5 Å². The molecular weight excluding hydrogens is 194 g/mol. The van der Waals surface area contributed by atoms with Crippen molar-refractivity contribution >= 4 is 0 Å². The first-order valence-electron chi connectivity index (χ1n) is 7.22. The smallest absolute Gasteiger partial charge is 0.0100 e. The van der Waals surface area contributed by atoms with E-state index >= 15 is 0 Å². The maximum atomic E-state index is 3.87. The topological polar surface area (TPSA) is 12.0 Å². The van der Waals surface area contributed by atoms with E-state index in [0.717, 1.165) is 23.8 Å². The highest BCUT2D eigenvalue weighted by atomic mass is 14.9. The molecule has 2 rings (SSSR count). The molecule has 0 amide bonds. The molecule has 0 spiro atoms. The second kappa shape index (κ2) is 4.68. The van der Waals surface area contributed by atoms with Crippen molar-refractivity contribution in [3.05, 3.63) is 0 Å². The van der Waals surface area contributed by atoms with E-state index in [-0.39, 0.29) is 0 Å². The van der Waals surface area contributed by atoms with Crippen LogP contribution in [0.25, 0.3) is 0 Å². The lowest BCUT2D eigenvalue weighted by atomic mass is 9.69. The maximum Gasteiger partial charge on any atom is 0.0100 e. The van der Waals surface area contributed by atoms with E-state index in [4.69, 9.17) is 0 Å². The summed E-state index contributed by atoms with van der Waals surface area (Å²) in [6.07, 6.45) is 7.18. The lowest BCUT2D eigenvalue weighted by Gasteiger charge is -2.41. The zero-order chi connectivity index (χ0) is 11.8. The standard InChI is InChI=1S/C15H29N/c1-11-9-12(11)10-16-14-8-6-5-7-13(14)15(2,3)4/h11-14,16H,5-10H2,1-4H3. The minimum Gasteiger partial charge on any atom is -0.313 e. The van der Waals surface area contributed by atoms with Gasteiger partial charge >= 0.3 is 0 Å². The van der Waals surface area contributed by atoms with Crippen LogP contribution >= 0.6 is 0 Å². The molecule has 0 aliphatic heterocycles. The van der Waals surface area contributed by atoms with E-state index in [1.54, 1.807) is 0 Å². The van der Waals surface area contributed by atoms with E-state index in [9.17, 15) is 0 Å². The normalized spacial score (nSPS) is 39.8. The molecule has 0 aromatic carbocycles. The predicted molar refractivity (Wildman–Crippen MR) is 70.5 cm³/mol. The van der Waals surface area contributed by atoms with Gasteiger partial charge in [0.25, 0.3) is 0 Å². The van der Waals surface area contributed by atoms with E-state index in [1.807, 2.05) is 0 Å². The molecule has 0 saturated heterocycles. The van der Waals surface area contributed by atoms with Gasteiger partial charge in [-0.25, -0.2) is 0 Å². The highest BCUT2D eigenvalue weighted by Crippen LogP contribution is 2.40. The van der Waals surface area contributed by atoms with Gasteiger partial charge in [-0.2, -0.15) is 0 Å². The average molecular weight is 223 g/mol. The molecule has 2 saturated carbocycles. The number of rotatable bonds is 3. The first-order chi connectivity index (χ1) is 7.48. The molecule has 2 aliphatic carbocycles. The molecule has 0 aromatic heterocycles. The third-order valence-corrected chi connectivity index (χ3v) is 4.80. The van der Waals surface area contributed by atoms with Crippen LogP contribution in [0.1, 0.15) is 59.8 Å². The Morgan fingerprint density at radius 3 is 2.31 bits per heavy atom. The second-order valence-corrected chi connectivity index (χ2v) is 7.24. The van der Waals surface area contributed by atoms with E-state index in [0.29, 0.717) is 5.41 Å². The Morgan fingerprint density at radius 1 is 1.12 bits per heavy atom. The molecule has 1 N–H and O–H groups in total. The van der Waals surface area contributed by atoms with Crippen molar-refractivity contribution in [2.24, 2.45) is 23.2 Å². The molecule has 0 bridgehead atoms. The summed E-state index contributed by atoms with van der Waals surface area (Å²) in [5.41, 5.74) is 0.479. The molecule has 94 valence electrons. The summed E-state index contributed by atoms with van der Waals surface area (Å²) >= 11 is 0. The van der Waals surface area contributed by atoms with Crippen molar-refractivity contribution in [2.75, 3.05) is 6.54 Å². The van der Waals surface area contributed by atoms with Crippen molar-refractivity contribution in [3.8, 4) is 0 Å². The van der Waals surface area contributed by atoms with Gasteiger partial charge in [0.05, 0.1) is 0 Å². The Morgan fingerprint density at radius 2 is 1.75 bits per heavy atom. The van der Waals surface area contributed by atoms with Crippen molar-refractivity contribution < 1.29 is 0 Å². The van der Waals surface area contributed by atoms with Gasteiger partial charge < -0.3 is 5.32 Å². The monoisotopic (exact) mass is 223 g/mol. The SMILES string of the molecule is CC1CC1CNC1CCCCC1C(C)(C)C. The molecule has 2 aliphatic rings. The highest BCUT2D eigenvalue weighted by Gasteiger charge is 2.36. The fraction of sp³-hybridized carbons (Fsp3) is 1.00. The van der Waals surface area contributed by atoms with Gasteiger partial charge in [-0.15, -0.1) is 0 Å². The molecule has 4 unspecified atom stereocenters. The molecule has 2 fully saturated rings. The van der Waals surface area contributed by atoms with Gasteiger partial charge in [-0.05, 0) is 49.0 Å². The van der Waals surface area contributed by atoms with Crippen LogP contribution in [0, 0.1) is 23.2 Å². The van der Waals surface area contributed by atoms with Crippen LogP contribution in [0.4, 0.5) is 0 Å². The van der Waals surface area contributed by atoms with Crippen LogP contribution in [0.15, 0.2) is 0 Å². The zero-order valence-electron chi connectivity index (χ0n) is 11.6. The molecule has 0 heterocycles. The molecule has 16 heavy (non-hydrogen) atoms. The molecule has 1 heteroatoms. The maximum absolute atomic E-state index is 3.87.